The van der Waals surface area contributed by atoms with Gasteiger partial charge in [-0.15, -0.1) is 0 Å². The van der Waals surface area contributed by atoms with Gasteiger partial charge in [0.25, 0.3) is 5.82 Å². The maximum Gasteiger partial charge on any atom is 0.460 e. The molecule has 0 unspecified atom stereocenters. The van der Waals surface area contributed by atoms with Crippen molar-refractivity contribution in [1.29, 1.82) is 0 Å². The van der Waals surface area contributed by atoms with Crippen LogP contribution in [0.1, 0.15) is 0 Å². The lowest BCUT2D eigenvalue weighted by Gasteiger charge is -2.36. The Hall–Kier alpha value is -0.705. The fourth-order valence-corrected chi connectivity index (χ4v) is 0.651. The standard InChI is InChI=1S/C5H2BF11/c6-4(13,14)2(9,10)1(7,8)3(11,12)5(15,16)17/h6H2. The van der Waals surface area contributed by atoms with E-state index in [1.54, 1.807) is 0 Å². The molecule has 0 aromatic heterocycles. The van der Waals surface area contributed by atoms with E-state index < -0.39 is 37.6 Å². The number of halogens is 11. The normalized spacial score (nSPS) is 16.2. The Balaban J connectivity index is 5.73. The molecule has 0 rings (SSSR count). The average Bonchev–Trinajstić information content (AvgIpc) is 1.98. The smallest absolute Gasteiger partial charge is 0.211 e. The van der Waals surface area contributed by atoms with Crippen LogP contribution in [-0.4, -0.2) is 37.6 Å². The van der Waals surface area contributed by atoms with Crippen molar-refractivity contribution >= 4 is 7.85 Å². The van der Waals surface area contributed by atoms with Crippen molar-refractivity contribution in [3.05, 3.63) is 0 Å². The Bertz CT molecular complexity index is 255. The molecule has 102 valence electrons. The SMILES string of the molecule is BC(F)(F)C(F)(F)C(F)(F)C(F)(F)C(F)(F)F. The topological polar surface area (TPSA) is 0 Å². The van der Waals surface area contributed by atoms with Crippen molar-refractivity contribution in [1.82, 2.24) is 0 Å². The van der Waals surface area contributed by atoms with E-state index in [-0.39, 0.29) is 0 Å². The van der Waals surface area contributed by atoms with Gasteiger partial charge in [0, 0.05) is 0 Å². The van der Waals surface area contributed by atoms with Gasteiger partial charge in [0.15, 0.2) is 0 Å². The average molecular weight is 282 g/mol. The Kier molecular flexibility index (Phi) is 3.49. The highest BCUT2D eigenvalue weighted by Gasteiger charge is 2.85. The largest absolute Gasteiger partial charge is 0.460 e. The van der Waals surface area contributed by atoms with Crippen LogP contribution < -0.4 is 0 Å². The molecule has 0 aliphatic carbocycles. The van der Waals surface area contributed by atoms with Crippen molar-refractivity contribution < 1.29 is 48.3 Å². The molecule has 0 N–H and O–H groups in total. The van der Waals surface area contributed by atoms with Gasteiger partial charge in [-0.25, -0.2) is 8.78 Å². The first-order valence-electron chi connectivity index (χ1n) is 3.58. The van der Waals surface area contributed by atoms with Crippen LogP contribution in [0, 0.1) is 0 Å². The first-order valence-corrected chi connectivity index (χ1v) is 3.58. The molecule has 0 fully saturated rings. The summed E-state index contributed by atoms with van der Waals surface area (Å²) in [7, 11) is -0.895. The molecule has 0 atom stereocenters. The molecule has 0 nitrogen and oxygen atoms in total. The molecule has 0 saturated heterocycles. The lowest BCUT2D eigenvalue weighted by Crippen LogP contribution is -2.66. The summed E-state index contributed by atoms with van der Waals surface area (Å²) in [6, 6.07) is 0. The van der Waals surface area contributed by atoms with Crippen LogP contribution >= 0.6 is 0 Å². The zero-order valence-corrected chi connectivity index (χ0v) is 7.66. The first-order chi connectivity index (χ1) is 7.00. The van der Waals surface area contributed by atoms with Crippen LogP contribution in [-0.2, 0) is 0 Å². The van der Waals surface area contributed by atoms with Crippen LogP contribution in [0.15, 0.2) is 0 Å². The summed E-state index contributed by atoms with van der Waals surface area (Å²) in [4.78, 5) is 0. The fourth-order valence-electron chi connectivity index (χ4n) is 0.651. The van der Waals surface area contributed by atoms with E-state index in [0.29, 0.717) is 0 Å². The fraction of sp³-hybridized carbons (Fsp3) is 1.00. The van der Waals surface area contributed by atoms with Gasteiger partial charge in [-0.3, -0.25) is 0 Å². The van der Waals surface area contributed by atoms with Crippen LogP contribution in [0.25, 0.3) is 0 Å². The van der Waals surface area contributed by atoms with Crippen molar-refractivity contribution in [2.75, 3.05) is 0 Å². The van der Waals surface area contributed by atoms with Gasteiger partial charge in [0.1, 0.15) is 0 Å². The molecule has 0 aliphatic heterocycles. The van der Waals surface area contributed by atoms with E-state index in [1.807, 2.05) is 0 Å². The zero-order chi connectivity index (χ0) is 14.5. The summed E-state index contributed by atoms with van der Waals surface area (Å²) in [6.07, 6.45) is -7.09. The van der Waals surface area contributed by atoms with Gasteiger partial charge >= 0.3 is 23.9 Å². The molecular weight excluding hydrogens is 280 g/mol. The molecule has 0 aliphatic rings. The van der Waals surface area contributed by atoms with Gasteiger partial charge in [0.05, 0.1) is 0 Å². The number of hydrogen-bond acceptors (Lipinski definition) is 0. The van der Waals surface area contributed by atoms with Crippen LogP contribution in [0.5, 0.6) is 0 Å². The summed E-state index contributed by atoms with van der Waals surface area (Å²) in [6.45, 7) is 0. The Morgan fingerprint density at radius 1 is 0.471 bits per heavy atom. The highest BCUT2D eigenvalue weighted by molar-refractivity contribution is 6.14. The molecule has 0 heterocycles. The second kappa shape index (κ2) is 3.64. The van der Waals surface area contributed by atoms with Crippen LogP contribution in [0.3, 0.4) is 0 Å². The highest BCUT2D eigenvalue weighted by atomic mass is 19.4. The summed E-state index contributed by atoms with van der Waals surface area (Å²) in [5.74, 6) is -27.2. The number of hydrogen-bond donors (Lipinski definition) is 0. The predicted molar refractivity (Wildman–Crippen MR) is 34.4 cm³/mol. The lowest BCUT2D eigenvalue weighted by molar-refractivity contribution is -0.413. The number of rotatable bonds is 3. The predicted octanol–water partition coefficient (Wildman–Crippen LogP) is 2.68. The Morgan fingerprint density at radius 3 is 0.941 bits per heavy atom. The van der Waals surface area contributed by atoms with E-state index in [2.05, 4.69) is 0 Å². The molecule has 17 heavy (non-hydrogen) atoms. The van der Waals surface area contributed by atoms with Gasteiger partial charge in [0.2, 0.25) is 7.85 Å². The van der Waals surface area contributed by atoms with Crippen molar-refractivity contribution in [2.24, 2.45) is 0 Å². The Morgan fingerprint density at radius 2 is 0.765 bits per heavy atom. The van der Waals surface area contributed by atoms with E-state index >= 15 is 0 Å². The Labute approximate surface area is 87.2 Å². The maximum absolute atomic E-state index is 12.3. The third kappa shape index (κ3) is 2.17. The molecule has 0 bridgehead atoms. The second-order valence-corrected chi connectivity index (χ2v) is 3.11. The zero-order valence-electron chi connectivity index (χ0n) is 7.66. The molecular formula is C5H2BF11. The van der Waals surface area contributed by atoms with Crippen LogP contribution in [0.2, 0.25) is 0 Å². The lowest BCUT2D eigenvalue weighted by atomic mass is 9.86. The van der Waals surface area contributed by atoms with Crippen molar-refractivity contribution in [2.45, 2.75) is 29.8 Å². The first kappa shape index (κ1) is 16.3. The monoisotopic (exact) mass is 282 g/mol. The molecule has 0 spiro atoms. The van der Waals surface area contributed by atoms with E-state index in [4.69, 9.17) is 0 Å². The van der Waals surface area contributed by atoms with E-state index in [9.17, 15) is 48.3 Å². The maximum atomic E-state index is 12.3. The van der Waals surface area contributed by atoms with Gasteiger partial charge in [-0.1, -0.05) is 0 Å². The summed E-state index contributed by atoms with van der Waals surface area (Å²) < 4.78 is 131. The molecule has 0 saturated carbocycles. The molecule has 0 aromatic carbocycles. The quantitative estimate of drug-likeness (QED) is 0.551. The highest BCUT2D eigenvalue weighted by Crippen LogP contribution is 2.56. The third-order valence-corrected chi connectivity index (χ3v) is 1.70. The van der Waals surface area contributed by atoms with Crippen molar-refractivity contribution in [3.8, 4) is 0 Å². The minimum atomic E-state index is -7.29. The molecule has 0 radical (unpaired) electrons. The summed E-state index contributed by atoms with van der Waals surface area (Å²) in [5.41, 5.74) is 0. The molecule has 0 amide bonds. The van der Waals surface area contributed by atoms with Crippen LogP contribution in [0.4, 0.5) is 48.3 Å². The second-order valence-electron chi connectivity index (χ2n) is 3.11. The minimum absolute atomic E-state index is 0.895. The molecule has 0 aromatic rings. The van der Waals surface area contributed by atoms with Gasteiger partial charge in [-0.05, 0) is 0 Å². The molecule has 12 heteroatoms. The summed E-state index contributed by atoms with van der Waals surface area (Å²) in [5, 5.41) is 0. The van der Waals surface area contributed by atoms with Gasteiger partial charge in [-0.2, -0.15) is 39.5 Å². The third-order valence-electron chi connectivity index (χ3n) is 1.70. The minimum Gasteiger partial charge on any atom is -0.211 e. The van der Waals surface area contributed by atoms with Gasteiger partial charge < -0.3 is 0 Å². The number of alkyl halides is 11. The summed E-state index contributed by atoms with van der Waals surface area (Å²) >= 11 is 0. The van der Waals surface area contributed by atoms with Crippen molar-refractivity contribution in [3.63, 3.8) is 0 Å². The van der Waals surface area contributed by atoms with E-state index in [1.165, 1.54) is 0 Å². The van der Waals surface area contributed by atoms with E-state index in [0.717, 1.165) is 0 Å².